The van der Waals surface area contributed by atoms with Crippen LogP contribution in [-0.4, -0.2) is 55.3 Å². The lowest BCUT2D eigenvalue weighted by Gasteiger charge is -2.28. The quantitative estimate of drug-likeness (QED) is 0.466. The molecule has 8 heteroatoms. The lowest BCUT2D eigenvalue weighted by Crippen LogP contribution is -2.41. The van der Waals surface area contributed by atoms with Crippen LogP contribution >= 0.6 is 0 Å². The van der Waals surface area contributed by atoms with E-state index in [1.807, 2.05) is 55.8 Å². The van der Waals surface area contributed by atoms with Crippen molar-refractivity contribution in [1.29, 1.82) is 0 Å². The molecule has 0 saturated heterocycles. The molecular formula is C24H26N6O2. The number of imidazole rings is 1. The maximum absolute atomic E-state index is 13.2. The van der Waals surface area contributed by atoms with Crippen LogP contribution in [0.1, 0.15) is 33.0 Å². The first-order valence-electron chi connectivity index (χ1n) is 10.5. The van der Waals surface area contributed by atoms with Crippen molar-refractivity contribution in [3.8, 4) is 0 Å². The molecule has 32 heavy (non-hydrogen) atoms. The second-order valence-electron chi connectivity index (χ2n) is 7.76. The van der Waals surface area contributed by atoms with Crippen molar-refractivity contribution in [2.45, 2.75) is 18.9 Å². The molecule has 0 aliphatic rings. The van der Waals surface area contributed by atoms with Crippen LogP contribution in [0.5, 0.6) is 0 Å². The Morgan fingerprint density at radius 1 is 1.09 bits per heavy atom. The van der Waals surface area contributed by atoms with Gasteiger partial charge in [-0.2, -0.15) is 0 Å². The number of aryl methyl sites for hydroxylation is 1. The third-order valence-electron chi connectivity index (χ3n) is 5.58. The predicted octanol–water partition coefficient (Wildman–Crippen LogP) is 2.57. The molecule has 0 spiro atoms. The zero-order valence-corrected chi connectivity index (χ0v) is 18.2. The molecule has 1 aromatic carbocycles. The first kappa shape index (κ1) is 21.3. The smallest absolute Gasteiger partial charge is 0.274 e. The number of carbonyl (C=O) groups is 2. The summed E-state index contributed by atoms with van der Waals surface area (Å²) in [7, 11) is 3.62. The van der Waals surface area contributed by atoms with Crippen LogP contribution in [0.4, 0.5) is 0 Å². The molecule has 4 aromatic rings. The van der Waals surface area contributed by atoms with Gasteiger partial charge in [-0.25, -0.2) is 9.97 Å². The molecule has 4 rings (SSSR count). The first-order chi connectivity index (χ1) is 15.5. The van der Waals surface area contributed by atoms with Crippen LogP contribution in [0, 0.1) is 0 Å². The fourth-order valence-electron chi connectivity index (χ4n) is 3.74. The average Bonchev–Trinajstić information content (AvgIpc) is 3.44. The highest BCUT2D eigenvalue weighted by Crippen LogP contribution is 2.15. The van der Waals surface area contributed by atoms with Gasteiger partial charge in [-0.1, -0.05) is 30.3 Å². The van der Waals surface area contributed by atoms with Gasteiger partial charge in [0, 0.05) is 51.5 Å². The van der Waals surface area contributed by atoms with Crippen molar-refractivity contribution in [2.75, 3.05) is 13.6 Å². The van der Waals surface area contributed by atoms with E-state index in [4.69, 9.17) is 0 Å². The molecule has 0 radical (unpaired) electrons. The van der Waals surface area contributed by atoms with E-state index in [2.05, 4.69) is 15.3 Å². The number of likely N-dealkylation sites (N-methyl/N-ethyl adjacent to an activating group) is 1. The van der Waals surface area contributed by atoms with Gasteiger partial charge in [-0.15, -0.1) is 0 Å². The van der Waals surface area contributed by atoms with Crippen LogP contribution in [0.15, 0.2) is 73.3 Å². The monoisotopic (exact) mass is 430 g/mol. The number of aromatic nitrogens is 4. The van der Waals surface area contributed by atoms with Gasteiger partial charge in [0.05, 0.1) is 0 Å². The second-order valence-corrected chi connectivity index (χ2v) is 7.76. The number of rotatable bonds is 8. The maximum atomic E-state index is 13.2. The van der Waals surface area contributed by atoms with E-state index in [1.165, 1.54) is 0 Å². The lowest BCUT2D eigenvalue weighted by atomic mass is 10.0. The van der Waals surface area contributed by atoms with Gasteiger partial charge in [0.25, 0.3) is 11.8 Å². The molecule has 0 aliphatic heterocycles. The Morgan fingerprint density at radius 2 is 1.91 bits per heavy atom. The minimum atomic E-state index is -0.176. The number of hydrogen-bond donors (Lipinski definition) is 1. The number of amides is 2. The molecule has 164 valence electrons. The van der Waals surface area contributed by atoms with E-state index < -0.39 is 0 Å². The maximum Gasteiger partial charge on any atom is 0.274 e. The summed E-state index contributed by atoms with van der Waals surface area (Å²) in [4.78, 5) is 35.9. The van der Waals surface area contributed by atoms with Crippen molar-refractivity contribution in [3.05, 3.63) is 90.3 Å². The van der Waals surface area contributed by atoms with Crippen LogP contribution in [0.25, 0.3) is 5.78 Å². The molecule has 3 aromatic heterocycles. The fraction of sp³-hybridized carbons (Fsp3) is 0.250. The third kappa shape index (κ3) is 4.69. The summed E-state index contributed by atoms with van der Waals surface area (Å²) in [6.07, 6.45) is 8.27. The Bertz CT molecular complexity index is 1180. The summed E-state index contributed by atoms with van der Waals surface area (Å²) >= 11 is 0. The molecule has 0 unspecified atom stereocenters. The van der Waals surface area contributed by atoms with Gasteiger partial charge in [0.15, 0.2) is 0 Å². The Morgan fingerprint density at radius 3 is 2.62 bits per heavy atom. The fourth-order valence-corrected chi connectivity index (χ4v) is 3.74. The number of nitrogens with one attached hydrogen (secondary N) is 1. The van der Waals surface area contributed by atoms with Crippen LogP contribution in [0.2, 0.25) is 0 Å². The van der Waals surface area contributed by atoms with Crippen molar-refractivity contribution >= 4 is 17.6 Å². The molecule has 8 nitrogen and oxygen atoms in total. The number of benzene rings is 1. The highest BCUT2D eigenvalue weighted by atomic mass is 16.2. The topological polar surface area (TPSA) is 84.5 Å². The van der Waals surface area contributed by atoms with Crippen molar-refractivity contribution in [3.63, 3.8) is 0 Å². The van der Waals surface area contributed by atoms with Gasteiger partial charge in [-0.3, -0.25) is 14.0 Å². The van der Waals surface area contributed by atoms with E-state index in [-0.39, 0.29) is 17.9 Å². The first-order valence-corrected chi connectivity index (χ1v) is 10.5. The normalized spacial score (nSPS) is 11.9. The Hall–Kier alpha value is -3.94. The number of hydrogen-bond acceptors (Lipinski definition) is 4. The van der Waals surface area contributed by atoms with E-state index in [9.17, 15) is 9.59 Å². The summed E-state index contributed by atoms with van der Waals surface area (Å²) < 4.78 is 3.51. The zero-order valence-electron chi connectivity index (χ0n) is 18.2. The van der Waals surface area contributed by atoms with Crippen LogP contribution < -0.4 is 5.32 Å². The summed E-state index contributed by atoms with van der Waals surface area (Å²) in [5.74, 6) is 0.181. The molecule has 0 aliphatic carbocycles. The Balaban J connectivity index is 1.48. The Labute approximate surface area is 186 Å². The molecule has 0 saturated carbocycles. The minimum Gasteiger partial charge on any atom is -0.351 e. The van der Waals surface area contributed by atoms with E-state index in [0.717, 1.165) is 5.56 Å². The molecule has 0 bridgehead atoms. The summed E-state index contributed by atoms with van der Waals surface area (Å²) in [6, 6.07) is 15.3. The standard InChI is InChI=1S/C24H26N6O2/c1-28-14-6-10-21(28)22(31)25-13-11-19(16-18-8-4-3-5-9-18)29(2)23(32)20-17-30-15-7-12-26-24(30)27-20/h3-10,12,14-15,17,19H,11,13,16H2,1-2H3,(H,25,31)/t19-/m1/s1. The molecule has 1 N–H and O–H groups in total. The second kappa shape index (κ2) is 9.47. The summed E-state index contributed by atoms with van der Waals surface area (Å²) in [6.45, 7) is 0.450. The predicted molar refractivity (Wildman–Crippen MR) is 121 cm³/mol. The van der Waals surface area contributed by atoms with Gasteiger partial charge < -0.3 is 14.8 Å². The average molecular weight is 431 g/mol. The lowest BCUT2D eigenvalue weighted by molar-refractivity contribution is 0.0717. The van der Waals surface area contributed by atoms with Gasteiger partial charge >= 0.3 is 0 Å². The van der Waals surface area contributed by atoms with E-state index in [1.54, 1.807) is 45.4 Å². The zero-order chi connectivity index (χ0) is 22.5. The van der Waals surface area contributed by atoms with E-state index >= 15 is 0 Å². The number of fused-ring (bicyclic) bond motifs is 1. The van der Waals surface area contributed by atoms with Crippen LogP contribution in [-0.2, 0) is 13.5 Å². The summed E-state index contributed by atoms with van der Waals surface area (Å²) in [5, 5.41) is 2.97. The van der Waals surface area contributed by atoms with Gasteiger partial charge in [0.1, 0.15) is 11.4 Å². The molecule has 2 amide bonds. The van der Waals surface area contributed by atoms with Gasteiger partial charge in [-0.05, 0) is 36.6 Å². The van der Waals surface area contributed by atoms with Gasteiger partial charge in [0.2, 0.25) is 5.78 Å². The number of nitrogens with zero attached hydrogens (tertiary/aromatic N) is 5. The number of carbonyl (C=O) groups excluding carboxylic acids is 2. The highest BCUT2D eigenvalue weighted by Gasteiger charge is 2.24. The molecule has 0 fully saturated rings. The van der Waals surface area contributed by atoms with Crippen LogP contribution in [0.3, 0.4) is 0 Å². The molecule has 3 heterocycles. The van der Waals surface area contributed by atoms with Crippen molar-refractivity contribution < 1.29 is 9.59 Å². The minimum absolute atomic E-state index is 0.114. The Kier molecular flexibility index (Phi) is 6.30. The molecular weight excluding hydrogens is 404 g/mol. The highest BCUT2D eigenvalue weighted by molar-refractivity contribution is 5.93. The third-order valence-corrected chi connectivity index (χ3v) is 5.58. The van der Waals surface area contributed by atoms with Crippen molar-refractivity contribution in [1.82, 2.24) is 29.2 Å². The van der Waals surface area contributed by atoms with E-state index in [0.29, 0.717) is 36.6 Å². The summed E-state index contributed by atoms with van der Waals surface area (Å²) in [5.41, 5.74) is 2.07. The molecule has 1 atom stereocenters. The SMILES string of the molecule is CN(C(=O)c1cn2cccnc2n1)[C@H](CCNC(=O)c1cccn1C)Cc1ccccc1. The van der Waals surface area contributed by atoms with Crippen molar-refractivity contribution in [2.24, 2.45) is 7.05 Å². The largest absolute Gasteiger partial charge is 0.351 e.